The molecule has 0 saturated heterocycles. The van der Waals surface area contributed by atoms with Crippen LogP contribution in [0.4, 0.5) is 0 Å². The predicted molar refractivity (Wildman–Crippen MR) is 124 cm³/mol. The zero-order valence-electron chi connectivity index (χ0n) is 17.4. The molecule has 0 aliphatic carbocycles. The molecule has 4 rings (SSSR count). The van der Waals surface area contributed by atoms with Gasteiger partial charge < -0.3 is 9.47 Å². The lowest BCUT2D eigenvalue weighted by molar-refractivity contribution is 0.0917. The smallest absolute Gasteiger partial charge is 0.163 e. The van der Waals surface area contributed by atoms with Gasteiger partial charge in [-0.2, -0.15) is 0 Å². The predicted octanol–water partition coefficient (Wildman–Crippen LogP) is 7.12. The summed E-state index contributed by atoms with van der Waals surface area (Å²) >= 11 is 0. The molecule has 0 unspecified atom stereocenters. The quantitative estimate of drug-likeness (QED) is 0.270. The van der Waals surface area contributed by atoms with Crippen molar-refractivity contribution >= 4 is 11.6 Å². The van der Waals surface area contributed by atoms with Gasteiger partial charge in [-0.25, -0.2) is 0 Å². The molecule has 0 saturated carbocycles. The van der Waals surface area contributed by atoms with Gasteiger partial charge in [0.2, 0.25) is 0 Å². The number of rotatable bonds is 9. The van der Waals surface area contributed by atoms with Gasteiger partial charge in [0, 0.05) is 24.0 Å². The van der Waals surface area contributed by atoms with Crippen LogP contribution in [-0.4, -0.2) is 11.6 Å². The van der Waals surface area contributed by atoms with E-state index < -0.39 is 0 Å². The number of Topliss-reactive ketones (excluding diaryl/α,β-unsaturated/α-hetero) is 2. The van der Waals surface area contributed by atoms with Gasteiger partial charge in [0.1, 0.15) is 23.0 Å². The van der Waals surface area contributed by atoms with Crippen LogP contribution < -0.4 is 9.47 Å². The Morgan fingerprint density at radius 2 is 0.750 bits per heavy atom. The first-order valence-corrected chi connectivity index (χ1v) is 10.4. The van der Waals surface area contributed by atoms with Crippen LogP contribution in [0.5, 0.6) is 23.0 Å². The highest BCUT2D eigenvalue weighted by molar-refractivity contribution is 6.02. The number of ether oxygens (including phenoxy) is 2. The number of benzene rings is 4. The van der Waals surface area contributed by atoms with Gasteiger partial charge in [-0.3, -0.25) is 9.59 Å². The Balaban J connectivity index is 1.29. The number of carbonyl (C=O) groups is 2. The second-order valence-corrected chi connectivity index (χ2v) is 7.23. The minimum absolute atomic E-state index is 0.0753. The van der Waals surface area contributed by atoms with E-state index in [0.717, 1.165) is 11.5 Å². The molecule has 0 aliphatic heterocycles. The van der Waals surface area contributed by atoms with E-state index in [1.807, 2.05) is 60.7 Å². The molecule has 0 fully saturated rings. The van der Waals surface area contributed by atoms with Gasteiger partial charge >= 0.3 is 0 Å². The van der Waals surface area contributed by atoms with Gasteiger partial charge in [0.05, 0.1) is 0 Å². The van der Waals surface area contributed by atoms with Crippen molar-refractivity contribution < 1.29 is 19.1 Å². The first-order chi connectivity index (χ1) is 15.7. The molecule has 0 N–H and O–H groups in total. The maximum absolute atomic E-state index is 12.5. The first kappa shape index (κ1) is 21.1. The molecule has 32 heavy (non-hydrogen) atoms. The van der Waals surface area contributed by atoms with Crippen molar-refractivity contribution in [3.8, 4) is 23.0 Å². The fourth-order valence-electron chi connectivity index (χ4n) is 3.18. The Morgan fingerprint density at radius 1 is 0.438 bits per heavy atom. The molecular weight excluding hydrogens is 400 g/mol. The molecule has 4 aromatic rings. The molecule has 4 aromatic carbocycles. The van der Waals surface area contributed by atoms with Crippen molar-refractivity contribution in [2.75, 3.05) is 0 Å². The van der Waals surface area contributed by atoms with Crippen LogP contribution in [-0.2, 0) is 0 Å². The van der Waals surface area contributed by atoms with Crippen LogP contribution in [0.2, 0.25) is 0 Å². The van der Waals surface area contributed by atoms with Crippen LogP contribution in [0.1, 0.15) is 33.6 Å². The second-order valence-electron chi connectivity index (χ2n) is 7.23. The Morgan fingerprint density at radius 3 is 1.09 bits per heavy atom. The zero-order chi connectivity index (χ0) is 22.2. The number of para-hydroxylation sites is 2. The van der Waals surface area contributed by atoms with Crippen molar-refractivity contribution in [2.45, 2.75) is 12.8 Å². The van der Waals surface area contributed by atoms with Crippen molar-refractivity contribution in [3.05, 3.63) is 120 Å². The Bertz CT molecular complexity index is 1070. The molecule has 0 bridgehead atoms. The fraction of sp³-hybridized carbons (Fsp3) is 0.0714. The van der Waals surface area contributed by atoms with Gasteiger partial charge in [-0.15, -0.1) is 0 Å². The summed E-state index contributed by atoms with van der Waals surface area (Å²) in [7, 11) is 0. The molecular formula is C28H22O4. The Kier molecular flexibility index (Phi) is 6.73. The summed E-state index contributed by atoms with van der Waals surface area (Å²) in [6, 6.07) is 32.8. The lowest BCUT2D eigenvalue weighted by atomic mass is 10.0. The van der Waals surface area contributed by atoms with Crippen molar-refractivity contribution in [1.82, 2.24) is 0 Å². The van der Waals surface area contributed by atoms with Gasteiger partial charge in [-0.05, 0) is 72.8 Å². The molecule has 0 aliphatic rings. The average Bonchev–Trinajstić information content (AvgIpc) is 2.84. The number of ketones is 2. The molecule has 0 amide bonds. The molecule has 4 heteroatoms. The van der Waals surface area contributed by atoms with E-state index in [1.54, 1.807) is 48.5 Å². The molecule has 158 valence electrons. The van der Waals surface area contributed by atoms with Gasteiger partial charge in [0.25, 0.3) is 0 Å². The van der Waals surface area contributed by atoms with E-state index in [2.05, 4.69) is 0 Å². The van der Waals surface area contributed by atoms with Crippen molar-refractivity contribution in [1.29, 1.82) is 0 Å². The standard InChI is InChI=1S/C28H22O4/c29-27(21-11-15-25(16-12-21)31-23-7-3-1-4-8-23)19-20-28(30)22-13-17-26(18-14-22)32-24-9-5-2-6-10-24/h1-18H,19-20H2. The average molecular weight is 422 g/mol. The minimum Gasteiger partial charge on any atom is -0.457 e. The highest BCUT2D eigenvalue weighted by Gasteiger charge is 2.12. The summed E-state index contributed by atoms with van der Waals surface area (Å²) in [5, 5.41) is 0. The number of hydrogen-bond acceptors (Lipinski definition) is 4. The fourth-order valence-corrected chi connectivity index (χ4v) is 3.18. The summed E-state index contributed by atoms with van der Waals surface area (Å²) in [6.45, 7) is 0. The molecule has 0 aromatic heterocycles. The monoisotopic (exact) mass is 422 g/mol. The zero-order valence-corrected chi connectivity index (χ0v) is 17.4. The van der Waals surface area contributed by atoms with Crippen LogP contribution in [0.25, 0.3) is 0 Å². The molecule has 0 atom stereocenters. The summed E-state index contributed by atoms with van der Waals surface area (Å²) in [5.41, 5.74) is 1.12. The normalized spacial score (nSPS) is 10.4. The van der Waals surface area contributed by atoms with Crippen molar-refractivity contribution in [3.63, 3.8) is 0 Å². The summed E-state index contributed by atoms with van der Waals surface area (Å²) in [4.78, 5) is 25.0. The van der Waals surface area contributed by atoms with E-state index in [0.29, 0.717) is 22.6 Å². The maximum Gasteiger partial charge on any atom is 0.163 e. The van der Waals surface area contributed by atoms with E-state index in [1.165, 1.54) is 0 Å². The largest absolute Gasteiger partial charge is 0.457 e. The topological polar surface area (TPSA) is 52.6 Å². The van der Waals surface area contributed by atoms with Crippen LogP contribution in [0.15, 0.2) is 109 Å². The Labute approximate surface area is 187 Å². The van der Waals surface area contributed by atoms with Crippen LogP contribution in [0.3, 0.4) is 0 Å². The molecule has 0 heterocycles. The molecule has 0 radical (unpaired) electrons. The van der Waals surface area contributed by atoms with Crippen LogP contribution >= 0.6 is 0 Å². The third-order valence-electron chi connectivity index (χ3n) is 4.89. The number of carbonyl (C=O) groups excluding carboxylic acids is 2. The third kappa shape index (κ3) is 5.70. The lowest BCUT2D eigenvalue weighted by Crippen LogP contribution is -2.05. The van der Waals surface area contributed by atoms with E-state index in [9.17, 15) is 9.59 Å². The van der Waals surface area contributed by atoms with E-state index >= 15 is 0 Å². The third-order valence-corrected chi connectivity index (χ3v) is 4.89. The van der Waals surface area contributed by atoms with E-state index in [4.69, 9.17) is 9.47 Å². The van der Waals surface area contributed by atoms with Crippen molar-refractivity contribution in [2.24, 2.45) is 0 Å². The van der Waals surface area contributed by atoms with Crippen LogP contribution in [0, 0.1) is 0 Å². The number of hydrogen-bond donors (Lipinski definition) is 0. The lowest BCUT2D eigenvalue weighted by Gasteiger charge is -2.07. The van der Waals surface area contributed by atoms with E-state index in [-0.39, 0.29) is 24.4 Å². The Hall–Kier alpha value is -4.18. The maximum atomic E-state index is 12.5. The molecule has 4 nitrogen and oxygen atoms in total. The minimum atomic E-state index is -0.0753. The summed E-state index contributed by atoms with van der Waals surface area (Å²) in [6.07, 6.45) is 0.306. The highest BCUT2D eigenvalue weighted by atomic mass is 16.5. The summed E-state index contributed by atoms with van der Waals surface area (Å²) in [5.74, 6) is 2.63. The SMILES string of the molecule is O=C(CCC(=O)c1ccc(Oc2ccccc2)cc1)c1ccc(Oc2ccccc2)cc1. The van der Waals surface area contributed by atoms with Gasteiger partial charge in [0.15, 0.2) is 11.6 Å². The molecule has 0 spiro atoms. The summed E-state index contributed by atoms with van der Waals surface area (Å²) < 4.78 is 11.5. The first-order valence-electron chi connectivity index (χ1n) is 10.4. The second kappa shape index (κ2) is 10.2. The van der Waals surface area contributed by atoms with Gasteiger partial charge in [-0.1, -0.05) is 36.4 Å². The highest BCUT2D eigenvalue weighted by Crippen LogP contribution is 2.23.